The first kappa shape index (κ1) is 12.0. The maximum Gasteiger partial charge on any atom is 0.166 e. The van der Waals surface area contributed by atoms with Gasteiger partial charge in [-0.05, 0) is 18.2 Å². The van der Waals surface area contributed by atoms with Crippen molar-refractivity contribution in [3.05, 3.63) is 48.2 Å². The molecule has 0 bridgehead atoms. The number of rotatable bonds is 4. The third-order valence-corrected chi connectivity index (χ3v) is 3.68. The van der Waals surface area contributed by atoms with Gasteiger partial charge in [-0.25, -0.2) is 15.8 Å². The highest BCUT2D eigenvalue weighted by atomic mass is 32.2. The predicted octanol–water partition coefficient (Wildman–Crippen LogP) is 2.54. The van der Waals surface area contributed by atoms with Gasteiger partial charge in [-0.2, -0.15) is 0 Å². The van der Waals surface area contributed by atoms with Gasteiger partial charge in [-0.15, -0.1) is 0 Å². The number of nitrogens with two attached hydrogens (primary N) is 1. The van der Waals surface area contributed by atoms with Crippen LogP contribution in [0.3, 0.4) is 0 Å². The molecule has 0 amide bonds. The first-order valence-corrected chi connectivity index (χ1v) is 6.83. The SMILES string of the molecule is NNc1ncccc1CSc1nc2ccccc2[nH]1. The minimum Gasteiger partial charge on any atom is -0.333 e. The van der Waals surface area contributed by atoms with E-state index < -0.39 is 0 Å². The number of benzene rings is 1. The molecule has 0 atom stereocenters. The maximum absolute atomic E-state index is 5.44. The first-order chi connectivity index (χ1) is 9.36. The van der Waals surface area contributed by atoms with E-state index in [1.165, 1.54) is 0 Å². The van der Waals surface area contributed by atoms with Crippen molar-refractivity contribution in [2.75, 3.05) is 5.43 Å². The number of H-pyrrole nitrogens is 1. The average molecular weight is 271 g/mol. The van der Waals surface area contributed by atoms with Crippen molar-refractivity contribution in [2.45, 2.75) is 10.9 Å². The second-order valence-corrected chi connectivity index (χ2v) is 4.97. The van der Waals surface area contributed by atoms with E-state index in [1.54, 1.807) is 18.0 Å². The Morgan fingerprint density at radius 2 is 2.11 bits per heavy atom. The number of imidazole rings is 1. The zero-order chi connectivity index (χ0) is 13.1. The van der Waals surface area contributed by atoms with Gasteiger partial charge in [-0.1, -0.05) is 30.0 Å². The summed E-state index contributed by atoms with van der Waals surface area (Å²) in [6, 6.07) is 11.9. The molecule has 2 heterocycles. The van der Waals surface area contributed by atoms with Crippen molar-refractivity contribution >= 4 is 28.6 Å². The van der Waals surface area contributed by atoms with Crippen molar-refractivity contribution < 1.29 is 0 Å². The number of aromatic nitrogens is 3. The quantitative estimate of drug-likeness (QED) is 0.386. The summed E-state index contributed by atoms with van der Waals surface area (Å²) in [5, 5.41) is 0.896. The number of hydrogen-bond donors (Lipinski definition) is 3. The van der Waals surface area contributed by atoms with Crippen LogP contribution in [-0.4, -0.2) is 15.0 Å². The van der Waals surface area contributed by atoms with Gasteiger partial charge in [0, 0.05) is 17.5 Å². The van der Waals surface area contributed by atoms with Gasteiger partial charge < -0.3 is 10.4 Å². The van der Waals surface area contributed by atoms with Crippen LogP contribution in [-0.2, 0) is 5.75 Å². The minimum atomic E-state index is 0.700. The monoisotopic (exact) mass is 271 g/mol. The summed E-state index contributed by atoms with van der Waals surface area (Å²) in [7, 11) is 0. The zero-order valence-electron chi connectivity index (χ0n) is 10.1. The molecular weight excluding hydrogens is 258 g/mol. The Balaban J connectivity index is 1.78. The number of thioether (sulfide) groups is 1. The van der Waals surface area contributed by atoms with Gasteiger partial charge >= 0.3 is 0 Å². The van der Waals surface area contributed by atoms with E-state index in [1.807, 2.05) is 36.4 Å². The van der Waals surface area contributed by atoms with Crippen molar-refractivity contribution in [3.63, 3.8) is 0 Å². The van der Waals surface area contributed by atoms with Crippen molar-refractivity contribution in [2.24, 2.45) is 5.84 Å². The molecule has 1 aromatic carbocycles. The molecule has 0 saturated heterocycles. The summed E-state index contributed by atoms with van der Waals surface area (Å²) < 4.78 is 0. The van der Waals surface area contributed by atoms with Crippen LogP contribution in [0.4, 0.5) is 5.82 Å². The van der Waals surface area contributed by atoms with E-state index in [0.29, 0.717) is 5.82 Å². The van der Waals surface area contributed by atoms with Crippen molar-refractivity contribution in [1.29, 1.82) is 0 Å². The lowest BCUT2D eigenvalue weighted by Crippen LogP contribution is -2.10. The summed E-state index contributed by atoms with van der Waals surface area (Å²) in [5.41, 5.74) is 5.68. The van der Waals surface area contributed by atoms with Gasteiger partial charge in [0.15, 0.2) is 5.16 Å². The normalized spacial score (nSPS) is 10.8. The number of para-hydroxylation sites is 2. The highest BCUT2D eigenvalue weighted by molar-refractivity contribution is 7.98. The summed E-state index contributed by atoms with van der Waals surface area (Å²) in [4.78, 5) is 12.0. The Morgan fingerprint density at radius 3 is 2.95 bits per heavy atom. The molecule has 19 heavy (non-hydrogen) atoms. The molecule has 0 fully saturated rings. The largest absolute Gasteiger partial charge is 0.333 e. The summed E-state index contributed by atoms with van der Waals surface area (Å²) >= 11 is 1.63. The van der Waals surface area contributed by atoms with E-state index in [-0.39, 0.29) is 0 Å². The number of nitrogens with zero attached hydrogens (tertiary/aromatic N) is 2. The fourth-order valence-corrected chi connectivity index (χ4v) is 2.70. The van der Waals surface area contributed by atoms with E-state index in [2.05, 4.69) is 20.4 Å². The van der Waals surface area contributed by atoms with E-state index >= 15 is 0 Å². The first-order valence-electron chi connectivity index (χ1n) is 5.85. The summed E-state index contributed by atoms with van der Waals surface area (Å²) in [5.74, 6) is 6.89. The molecule has 3 rings (SSSR count). The minimum absolute atomic E-state index is 0.700. The van der Waals surface area contributed by atoms with Gasteiger partial charge in [0.1, 0.15) is 5.82 Å². The highest BCUT2D eigenvalue weighted by Gasteiger charge is 2.06. The molecule has 4 N–H and O–H groups in total. The molecule has 0 unspecified atom stereocenters. The lowest BCUT2D eigenvalue weighted by molar-refractivity contribution is 1.08. The average Bonchev–Trinajstić information content (AvgIpc) is 2.88. The maximum atomic E-state index is 5.44. The van der Waals surface area contributed by atoms with Crippen LogP contribution in [0.15, 0.2) is 47.8 Å². The molecule has 6 heteroatoms. The molecule has 0 saturated carbocycles. The van der Waals surface area contributed by atoms with E-state index in [0.717, 1.165) is 27.5 Å². The standard InChI is InChI=1S/C13H13N5S/c14-18-12-9(4-3-7-15-12)8-19-13-16-10-5-1-2-6-11(10)17-13/h1-7H,8,14H2,(H,15,18)(H,16,17). The Bertz CT molecular complexity index is 661. The molecule has 0 spiro atoms. The fourth-order valence-electron chi connectivity index (χ4n) is 1.83. The van der Waals surface area contributed by atoms with E-state index in [9.17, 15) is 0 Å². The number of pyridine rings is 1. The highest BCUT2D eigenvalue weighted by Crippen LogP contribution is 2.25. The van der Waals surface area contributed by atoms with Crippen LogP contribution in [0.25, 0.3) is 11.0 Å². The second-order valence-electron chi connectivity index (χ2n) is 4.00. The smallest absolute Gasteiger partial charge is 0.166 e. The van der Waals surface area contributed by atoms with Gasteiger partial charge in [0.25, 0.3) is 0 Å². The topological polar surface area (TPSA) is 79.6 Å². The van der Waals surface area contributed by atoms with Crippen LogP contribution >= 0.6 is 11.8 Å². The van der Waals surface area contributed by atoms with Crippen LogP contribution in [0.1, 0.15) is 5.56 Å². The van der Waals surface area contributed by atoms with Crippen LogP contribution in [0, 0.1) is 0 Å². The molecule has 96 valence electrons. The third kappa shape index (κ3) is 2.54. The zero-order valence-corrected chi connectivity index (χ0v) is 10.9. The lowest BCUT2D eigenvalue weighted by atomic mass is 10.3. The molecule has 3 aromatic rings. The number of fused-ring (bicyclic) bond motifs is 1. The fraction of sp³-hybridized carbons (Fsp3) is 0.0769. The summed E-state index contributed by atoms with van der Waals surface area (Å²) in [6.45, 7) is 0. The lowest BCUT2D eigenvalue weighted by Gasteiger charge is -2.05. The van der Waals surface area contributed by atoms with Crippen LogP contribution in [0.2, 0.25) is 0 Å². The Labute approximate surface area is 114 Å². The number of hydrazine groups is 1. The molecule has 0 aliphatic heterocycles. The van der Waals surface area contributed by atoms with Gasteiger partial charge in [0.05, 0.1) is 11.0 Å². The predicted molar refractivity (Wildman–Crippen MR) is 77.7 cm³/mol. The third-order valence-electron chi connectivity index (χ3n) is 2.76. The van der Waals surface area contributed by atoms with Crippen LogP contribution in [0.5, 0.6) is 0 Å². The Kier molecular flexibility index (Phi) is 3.35. The van der Waals surface area contributed by atoms with Crippen molar-refractivity contribution in [3.8, 4) is 0 Å². The van der Waals surface area contributed by atoms with Gasteiger partial charge in [0.2, 0.25) is 0 Å². The van der Waals surface area contributed by atoms with Crippen molar-refractivity contribution in [1.82, 2.24) is 15.0 Å². The number of nitrogens with one attached hydrogen (secondary N) is 2. The number of nitrogen functional groups attached to an aromatic ring is 1. The summed E-state index contributed by atoms with van der Waals surface area (Å²) in [6.07, 6.45) is 1.71. The Hall–Kier alpha value is -2.05. The number of aromatic amines is 1. The molecule has 2 aromatic heterocycles. The molecule has 0 aliphatic carbocycles. The molecule has 0 radical (unpaired) electrons. The number of hydrogen-bond acceptors (Lipinski definition) is 5. The molecular formula is C13H13N5S. The van der Waals surface area contributed by atoms with Crippen LogP contribution < -0.4 is 11.3 Å². The van der Waals surface area contributed by atoms with E-state index in [4.69, 9.17) is 5.84 Å². The molecule has 5 nitrogen and oxygen atoms in total. The Morgan fingerprint density at radius 1 is 1.21 bits per heavy atom. The second kappa shape index (κ2) is 5.29. The molecule has 0 aliphatic rings. The van der Waals surface area contributed by atoms with Gasteiger partial charge in [-0.3, -0.25) is 0 Å². The number of anilines is 1.